The number of imide groups is 1. The van der Waals surface area contributed by atoms with Crippen LogP contribution in [0.5, 0.6) is 0 Å². The molecule has 0 radical (unpaired) electrons. The Hall–Kier alpha value is -4.32. The van der Waals surface area contributed by atoms with Gasteiger partial charge in [-0.25, -0.2) is 4.98 Å². The lowest BCUT2D eigenvalue weighted by Gasteiger charge is -2.44. The Labute approximate surface area is 311 Å². The molecule has 4 heterocycles. The van der Waals surface area contributed by atoms with Gasteiger partial charge < -0.3 is 13.2 Å². The zero-order valence-corrected chi connectivity index (χ0v) is 34.2. The van der Waals surface area contributed by atoms with Gasteiger partial charge >= 0.3 is 0 Å². The molecule has 5 aromatic rings. The fourth-order valence-corrected chi connectivity index (χ4v) is 20.5. The third-order valence-electron chi connectivity index (χ3n) is 11.3. The van der Waals surface area contributed by atoms with E-state index in [0.29, 0.717) is 40.9 Å². The minimum atomic E-state index is -2.68. The van der Waals surface area contributed by atoms with Crippen LogP contribution < -0.4 is 15.7 Å². The Kier molecular flexibility index (Phi) is 10.5. The summed E-state index contributed by atoms with van der Waals surface area (Å²) in [4.78, 5) is 32.0. The topological polar surface area (TPSA) is 78.2 Å². The largest absolute Gasteiger partial charge is 0.407 e. The molecule has 0 spiro atoms. The van der Waals surface area contributed by atoms with Crippen molar-refractivity contribution in [3.8, 4) is 0 Å². The van der Waals surface area contributed by atoms with Gasteiger partial charge in [0.05, 0.1) is 11.1 Å². The Morgan fingerprint density at radius 1 is 0.750 bits per heavy atom. The Bertz CT molecular complexity index is 2030. The summed E-state index contributed by atoms with van der Waals surface area (Å²) in [6.45, 7) is 22.0. The van der Waals surface area contributed by atoms with E-state index in [1.54, 1.807) is 6.20 Å². The number of rotatable bonds is 13. The molecule has 272 valence electrons. The van der Waals surface area contributed by atoms with Gasteiger partial charge in [0, 0.05) is 48.3 Å². The number of pyridine rings is 1. The molecule has 3 aromatic heterocycles. The lowest BCUT2D eigenvalue weighted by Crippen LogP contribution is -2.66. The molecule has 7 nitrogen and oxygen atoms in total. The van der Waals surface area contributed by atoms with E-state index in [2.05, 4.69) is 149 Å². The van der Waals surface area contributed by atoms with Crippen LogP contribution in [-0.4, -0.2) is 48.8 Å². The summed E-state index contributed by atoms with van der Waals surface area (Å²) in [5.41, 5.74) is 4.60. The first-order valence-electron chi connectivity index (χ1n) is 18.7. The van der Waals surface area contributed by atoms with Crippen molar-refractivity contribution >= 4 is 60.9 Å². The van der Waals surface area contributed by atoms with Crippen molar-refractivity contribution in [1.29, 1.82) is 0 Å². The second kappa shape index (κ2) is 14.6. The maximum atomic E-state index is 13.7. The smallest absolute Gasteiger partial charge is 0.261 e. The van der Waals surface area contributed by atoms with Crippen molar-refractivity contribution in [2.45, 2.75) is 96.9 Å². The average Bonchev–Trinajstić information content (AvgIpc) is 3.80. The van der Waals surface area contributed by atoms with Crippen LogP contribution in [0, 0.1) is 0 Å². The van der Waals surface area contributed by atoms with Gasteiger partial charge in [0.15, 0.2) is 8.24 Å². The van der Waals surface area contributed by atoms with Gasteiger partial charge in [-0.05, 0) is 62.9 Å². The van der Waals surface area contributed by atoms with E-state index in [4.69, 9.17) is 9.41 Å². The lowest BCUT2D eigenvalue weighted by molar-refractivity contribution is -0.122. The number of nitrogens with one attached hydrogen (secondary N) is 1. The Morgan fingerprint density at radius 2 is 1.33 bits per heavy atom. The van der Waals surface area contributed by atoms with Crippen molar-refractivity contribution in [3.05, 3.63) is 115 Å². The third kappa shape index (κ3) is 6.26. The van der Waals surface area contributed by atoms with Gasteiger partial charge in [-0.2, -0.15) is 0 Å². The molecule has 0 atom stereocenters. The highest BCUT2D eigenvalue weighted by Gasteiger charge is 2.50. The Morgan fingerprint density at radius 3 is 1.88 bits per heavy atom. The Balaban J connectivity index is 1.35. The summed E-state index contributed by atoms with van der Waals surface area (Å²) in [5, 5.41) is 5.87. The SMILES string of the molecule is CC(C)[Si](C(C)C)(C(C)C)n1ccc(C2=C(c3cn(CCCO[Si](c4ccccc4)(c4ccccc4)C(C)(C)C)c4ncccc34)C(=O)NC2=O)c1. The van der Waals surface area contributed by atoms with Gasteiger partial charge in [0.2, 0.25) is 0 Å². The summed E-state index contributed by atoms with van der Waals surface area (Å²) in [7, 11) is -4.72. The molecule has 0 saturated carbocycles. The van der Waals surface area contributed by atoms with Gasteiger partial charge in [-0.15, -0.1) is 0 Å². The van der Waals surface area contributed by atoms with Crippen LogP contribution in [0.2, 0.25) is 21.7 Å². The second-order valence-electron chi connectivity index (χ2n) is 16.2. The van der Waals surface area contributed by atoms with Gasteiger partial charge in [-0.3, -0.25) is 14.9 Å². The van der Waals surface area contributed by atoms with Crippen molar-refractivity contribution in [3.63, 3.8) is 0 Å². The highest BCUT2D eigenvalue weighted by Crippen LogP contribution is 2.44. The highest BCUT2D eigenvalue weighted by atomic mass is 28.4. The van der Waals surface area contributed by atoms with Crippen LogP contribution in [-0.2, 0) is 20.6 Å². The van der Waals surface area contributed by atoms with E-state index in [0.717, 1.165) is 28.6 Å². The molecule has 1 aliphatic heterocycles. The summed E-state index contributed by atoms with van der Waals surface area (Å²) in [6.07, 6.45) is 8.79. The van der Waals surface area contributed by atoms with Gasteiger partial charge in [-0.1, -0.05) is 123 Å². The molecule has 0 saturated heterocycles. The first kappa shape index (κ1) is 37.4. The summed E-state index contributed by atoms with van der Waals surface area (Å²) >= 11 is 0. The van der Waals surface area contributed by atoms with Crippen LogP contribution in [0.25, 0.3) is 22.2 Å². The van der Waals surface area contributed by atoms with E-state index in [1.807, 2.05) is 24.4 Å². The number of carbonyl (C=O) groups excluding carboxylic acids is 2. The van der Waals surface area contributed by atoms with E-state index in [1.165, 1.54) is 10.4 Å². The first-order valence-corrected chi connectivity index (χ1v) is 22.8. The fourth-order valence-electron chi connectivity index (χ4n) is 9.38. The minimum absolute atomic E-state index is 0.115. The van der Waals surface area contributed by atoms with Crippen LogP contribution in [0.1, 0.15) is 79.9 Å². The van der Waals surface area contributed by atoms with Gasteiger partial charge in [0.1, 0.15) is 5.65 Å². The molecule has 2 aromatic carbocycles. The molecule has 0 bridgehead atoms. The van der Waals surface area contributed by atoms with Crippen molar-refractivity contribution in [2.75, 3.05) is 6.61 Å². The standard InChI is InChI=1S/C43H54N4O3Si2/c1-30(2)51(31(3)4,32(5)6)47-26-23-33(28-47)38-39(42(49)45-41(38)48)37-29-46(40-36(37)22-16-24-44-40)25-17-27-50-52(43(7,8)9,34-18-12-10-13-19-34)35-20-14-11-15-21-35/h10-16,18-24,26,28-32H,17,25,27H2,1-9H3,(H,45,48,49). The van der Waals surface area contributed by atoms with Gasteiger partial charge in [0.25, 0.3) is 20.1 Å². The molecule has 0 aliphatic carbocycles. The third-order valence-corrected chi connectivity index (χ3v) is 23.1. The number of carbonyl (C=O) groups is 2. The number of aromatic nitrogens is 3. The first-order chi connectivity index (χ1) is 24.7. The second-order valence-corrected chi connectivity index (χ2v) is 26.2. The predicted octanol–water partition coefficient (Wildman–Crippen LogP) is 8.40. The zero-order chi connectivity index (χ0) is 37.4. The maximum Gasteiger partial charge on any atom is 0.261 e. The molecule has 1 N–H and O–H groups in total. The molecule has 52 heavy (non-hydrogen) atoms. The van der Waals surface area contributed by atoms with Crippen LogP contribution in [0.4, 0.5) is 0 Å². The number of nitrogens with zero attached hydrogens (tertiary/aromatic N) is 3. The summed E-state index contributed by atoms with van der Waals surface area (Å²) in [5.74, 6) is -0.724. The normalized spacial score (nSPS) is 14.5. The molecule has 6 rings (SSSR count). The summed E-state index contributed by atoms with van der Waals surface area (Å²) < 4.78 is 11.7. The molecular formula is C43H54N4O3Si2. The van der Waals surface area contributed by atoms with Crippen LogP contribution in [0.3, 0.4) is 0 Å². The number of benzene rings is 2. The fraction of sp³-hybridized carbons (Fsp3) is 0.372. The number of hydrogen-bond donors (Lipinski definition) is 1. The highest BCUT2D eigenvalue weighted by molar-refractivity contribution is 6.99. The van der Waals surface area contributed by atoms with E-state index >= 15 is 0 Å². The molecule has 9 heteroatoms. The maximum absolute atomic E-state index is 13.7. The zero-order valence-electron chi connectivity index (χ0n) is 32.2. The number of aryl methyl sites for hydroxylation is 1. The van der Waals surface area contributed by atoms with Crippen LogP contribution >= 0.6 is 0 Å². The predicted molar refractivity (Wildman–Crippen MR) is 219 cm³/mol. The molecule has 0 unspecified atom stereocenters. The molecular weight excluding hydrogens is 677 g/mol. The molecule has 1 aliphatic rings. The van der Waals surface area contributed by atoms with Crippen molar-refractivity contribution in [2.24, 2.45) is 0 Å². The van der Waals surface area contributed by atoms with Crippen molar-refractivity contribution in [1.82, 2.24) is 19.1 Å². The van der Waals surface area contributed by atoms with Crippen molar-refractivity contribution < 1.29 is 14.0 Å². The summed E-state index contributed by atoms with van der Waals surface area (Å²) in [6, 6.07) is 27.3. The monoisotopic (exact) mass is 730 g/mol. The number of hydrogen-bond acceptors (Lipinski definition) is 4. The van der Waals surface area contributed by atoms with E-state index in [9.17, 15) is 9.59 Å². The molecule has 0 fully saturated rings. The van der Waals surface area contributed by atoms with E-state index in [-0.39, 0.29) is 16.9 Å². The minimum Gasteiger partial charge on any atom is -0.407 e. The lowest BCUT2D eigenvalue weighted by atomic mass is 9.98. The molecule has 2 amide bonds. The number of amides is 2. The van der Waals surface area contributed by atoms with Crippen LogP contribution in [0.15, 0.2) is 104 Å². The number of fused-ring (bicyclic) bond motifs is 1. The quantitative estimate of drug-likeness (QED) is 0.0750. The van der Waals surface area contributed by atoms with E-state index < -0.39 is 16.6 Å². The average molecular weight is 731 g/mol.